The van der Waals surface area contributed by atoms with Gasteiger partial charge in [0.25, 0.3) is 0 Å². The van der Waals surface area contributed by atoms with E-state index < -0.39 is 0 Å². The Balaban J connectivity index is 1.20. The molecule has 11 aromatic carbocycles. The molecule has 0 heterocycles. The second kappa shape index (κ2) is 15.1. The number of nitrogens with zero attached hydrogens (tertiary/aromatic N) is 1. The molecule has 1 nitrogen and oxygen atoms in total. The van der Waals surface area contributed by atoms with Crippen molar-refractivity contribution in [2.45, 2.75) is 19.3 Å². The van der Waals surface area contributed by atoms with Crippen LogP contribution in [0.4, 0.5) is 17.1 Å². The number of anilines is 3. The molecular weight excluding hydrogens is 771 g/mol. The first-order valence-corrected chi connectivity index (χ1v) is 22.3. The summed E-state index contributed by atoms with van der Waals surface area (Å²) in [6.45, 7) is 4.75. The summed E-state index contributed by atoms with van der Waals surface area (Å²) < 4.78 is 0. The minimum Gasteiger partial charge on any atom is -0.309 e. The van der Waals surface area contributed by atoms with E-state index in [1.165, 1.54) is 88.0 Å². The van der Waals surface area contributed by atoms with Crippen molar-refractivity contribution in [2.24, 2.45) is 0 Å². The van der Waals surface area contributed by atoms with E-state index >= 15 is 0 Å². The maximum Gasteiger partial charge on any atom is 0.0546 e. The van der Waals surface area contributed by atoms with Crippen LogP contribution in [0.2, 0.25) is 0 Å². The van der Waals surface area contributed by atoms with E-state index in [9.17, 15) is 0 Å². The highest BCUT2D eigenvalue weighted by Gasteiger charge is 2.36. The molecule has 0 spiro atoms. The summed E-state index contributed by atoms with van der Waals surface area (Å²) in [5, 5.41) is 7.42. The number of benzene rings is 11. The van der Waals surface area contributed by atoms with Crippen molar-refractivity contribution in [3.8, 4) is 55.6 Å². The molecule has 0 saturated heterocycles. The van der Waals surface area contributed by atoms with E-state index in [1.807, 2.05) is 0 Å². The standard InChI is InChI=1S/C63H45N/c1-63(2)58-30-16-15-28-53(58)54-36-35-49(41-59(54)63)64(60-37-34-46(42-18-5-3-6-19-42)39-56(60)44-21-7-4-8-22-44)61-31-17-29-55(62(61)48-33-32-43-20-9-10-23-45(43)38-48)57-40-47-24-11-12-25-50(47)51-26-13-14-27-52(51)57/h3-41H,1-2H3. The van der Waals surface area contributed by atoms with E-state index in [0.717, 1.165) is 28.2 Å². The van der Waals surface area contributed by atoms with Gasteiger partial charge >= 0.3 is 0 Å². The van der Waals surface area contributed by atoms with Crippen LogP contribution >= 0.6 is 0 Å². The van der Waals surface area contributed by atoms with Crippen molar-refractivity contribution in [3.63, 3.8) is 0 Å². The zero-order chi connectivity index (χ0) is 42.8. The first kappa shape index (κ1) is 37.7. The molecule has 0 unspecified atom stereocenters. The Morgan fingerprint density at radius 1 is 0.297 bits per heavy atom. The van der Waals surface area contributed by atoms with Crippen LogP contribution in [0.1, 0.15) is 25.0 Å². The number of hydrogen-bond acceptors (Lipinski definition) is 1. The molecule has 0 radical (unpaired) electrons. The molecule has 1 heteroatoms. The minimum atomic E-state index is -0.180. The summed E-state index contributed by atoms with van der Waals surface area (Å²) in [5.41, 5.74) is 17.9. The summed E-state index contributed by atoms with van der Waals surface area (Å²) in [5.74, 6) is 0. The Labute approximate surface area is 375 Å². The van der Waals surface area contributed by atoms with E-state index in [-0.39, 0.29) is 5.41 Å². The minimum absolute atomic E-state index is 0.180. The second-order valence-corrected chi connectivity index (χ2v) is 17.7. The predicted molar refractivity (Wildman–Crippen MR) is 273 cm³/mol. The van der Waals surface area contributed by atoms with Gasteiger partial charge in [0, 0.05) is 22.2 Å². The Kier molecular flexibility index (Phi) is 8.91. The molecule has 0 N–H and O–H groups in total. The van der Waals surface area contributed by atoms with E-state index in [4.69, 9.17) is 0 Å². The normalized spacial score (nSPS) is 12.7. The molecule has 12 rings (SSSR count). The monoisotopic (exact) mass is 815 g/mol. The maximum absolute atomic E-state index is 2.55. The van der Waals surface area contributed by atoms with Gasteiger partial charge in [-0.3, -0.25) is 0 Å². The summed E-state index contributed by atoms with van der Waals surface area (Å²) >= 11 is 0. The Morgan fingerprint density at radius 2 is 0.922 bits per heavy atom. The molecule has 11 aromatic rings. The van der Waals surface area contributed by atoms with Crippen molar-refractivity contribution in [1.29, 1.82) is 0 Å². The van der Waals surface area contributed by atoms with Gasteiger partial charge in [-0.05, 0) is 130 Å². The Hall–Kier alpha value is -8.00. The number of rotatable bonds is 7. The summed E-state index contributed by atoms with van der Waals surface area (Å²) in [4.78, 5) is 2.55. The topological polar surface area (TPSA) is 3.24 Å². The third-order valence-electron chi connectivity index (χ3n) is 13.6. The van der Waals surface area contributed by atoms with Crippen LogP contribution in [0.5, 0.6) is 0 Å². The van der Waals surface area contributed by atoms with Gasteiger partial charge in [0.1, 0.15) is 0 Å². The number of hydrogen-bond donors (Lipinski definition) is 0. The van der Waals surface area contributed by atoms with Crippen molar-refractivity contribution in [1.82, 2.24) is 0 Å². The molecule has 0 amide bonds. The molecule has 302 valence electrons. The summed E-state index contributed by atoms with van der Waals surface area (Å²) in [7, 11) is 0. The first-order chi connectivity index (χ1) is 31.5. The van der Waals surface area contributed by atoms with Crippen LogP contribution in [-0.4, -0.2) is 0 Å². The molecule has 0 aromatic heterocycles. The van der Waals surface area contributed by atoms with Gasteiger partial charge in [-0.25, -0.2) is 0 Å². The molecule has 64 heavy (non-hydrogen) atoms. The Morgan fingerprint density at radius 3 is 1.73 bits per heavy atom. The van der Waals surface area contributed by atoms with Crippen LogP contribution in [-0.2, 0) is 5.41 Å². The summed E-state index contributed by atoms with van der Waals surface area (Å²) in [6, 6.07) is 87.6. The zero-order valence-corrected chi connectivity index (χ0v) is 36.0. The molecule has 0 bridgehead atoms. The fraction of sp³-hybridized carbons (Fsp3) is 0.0476. The van der Waals surface area contributed by atoms with Crippen molar-refractivity contribution >= 4 is 49.4 Å². The fourth-order valence-corrected chi connectivity index (χ4v) is 10.5. The zero-order valence-electron chi connectivity index (χ0n) is 36.0. The van der Waals surface area contributed by atoms with Crippen LogP contribution in [0.15, 0.2) is 237 Å². The van der Waals surface area contributed by atoms with Gasteiger partial charge in [-0.1, -0.05) is 208 Å². The average Bonchev–Trinajstić information content (AvgIpc) is 3.59. The van der Waals surface area contributed by atoms with Gasteiger partial charge in [0.2, 0.25) is 0 Å². The maximum atomic E-state index is 2.55. The molecule has 1 aliphatic rings. The highest BCUT2D eigenvalue weighted by Crippen LogP contribution is 2.54. The highest BCUT2D eigenvalue weighted by atomic mass is 15.1. The smallest absolute Gasteiger partial charge is 0.0546 e. The first-order valence-electron chi connectivity index (χ1n) is 22.3. The SMILES string of the molecule is CC1(C)c2ccccc2-c2ccc(N(c3ccc(-c4ccccc4)cc3-c3ccccc3)c3cccc(-c4cc5ccccc5c5ccccc45)c3-c3ccc4ccccc4c3)cc21. The highest BCUT2D eigenvalue weighted by molar-refractivity contribution is 6.16. The lowest BCUT2D eigenvalue weighted by atomic mass is 9.82. The molecular formula is C63H45N. The largest absolute Gasteiger partial charge is 0.309 e. The van der Waals surface area contributed by atoms with Crippen molar-refractivity contribution in [3.05, 3.63) is 248 Å². The van der Waals surface area contributed by atoms with Crippen LogP contribution in [0, 0.1) is 0 Å². The average molecular weight is 816 g/mol. The predicted octanol–water partition coefficient (Wildman–Crippen LogP) is 17.6. The van der Waals surface area contributed by atoms with Gasteiger partial charge in [-0.15, -0.1) is 0 Å². The molecule has 1 aliphatic carbocycles. The van der Waals surface area contributed by atoms with Gasteiger partial charge in [0.05, 0.1) is 11.4 Å². The molecule has 0 aliphatic heterocycles. The second-order valence-electron chi connectivity index (χ2n) is 17.7. The summed E-state index contributed by atoms with van der Waals surface area (Å²) in [6.07, 6.45) is 0. The lowest BCUT2D eigenvalue weighted by molar-refractivity contribution is 0.660. The van der Waals surface area contributed by atoms with Crippen molar-refractivity contribution < 1.29 is 0 Å². The van der Waals surface area contributed by atoms with Gasteiger partial charge in [0.15, 0.2) is 0 Å². The van der Waals surface area contributed by atoms with Crippen LogP contribution < -0.4 is 4.90 Å². The van der Waals surface area contributed by atoms with E-state index in [1.54, 1.807) is 0 Å². The van der Waals surface area contributed by atoms with Gasteiger partial charge < -0.3 is 4.90 Å². The van der Waals surface area contributed by atoms with Crippen LogP contribution in [0.3, 0.4) is 0 Å². The van der Waals surface area contributed by atoms with E-state index in [2.05, 4.69) is 255 Å². The molecule has 0 saturated carbocycles. The Bertz CT molecular complexity index is 3580. The third-order valence-corrected chi connectivity index (χ3v) is 13.6. The lowest BCUT2D eigenvalue weighted by Gasteiger charge is -2.32. The molecule has 0 fully saturated rings. The van der Waals surface area contributed by atoms with Crippen molar-refractivity contribution in [2.75, 3.05) is 4.90 Å². The lowest BCUT2D eigenvalue weighted by Crippen LogP contribution is -2.17. The van der Waals surface area contributed by atoms with Crippen LogP contribution in [0.25, 0.3) is 88.0 Å². The fourth-order valence-electron chi connectivity index (χ4n) is 10.5. The molecule has 0 atom stereocenters. The van der Waals surface area contributed by atoms with E-state index in [0.29, 0.717) is 0 Å². The number of fused-ring (bicyclic) bond motifs is 7. The van der Waals surface area contributed by atoms with Gasteiger partial charge in [-0.2, -0.15) is 0 Å². The quantitative estimate of drug-likeness (QED) is 0.145. The third kappa shape index (κ3) is 6.15.